The molecule has 1 atom stereocenters. The Morgan fingerprint density at radius 2 is 1.75 bits per heavy atom. The average molecular weight is 299 g/mol. The minimum Gasteiger partial charge on any atom is -0.351 e. The van der Waals surface area contributed by atoms with Gasteiger partial charge in [-0.05, 0) is 23.1 Å². The number of sulfonamides is 1. The van der Waals surface area contributed by atoms with Gasteiger partial charge >= 0.3 is 0 Å². The van der Waals surface area contributed by atoms with Crippen LogP contribution in [0.3, 0.4) is 0 Å². The molecular weight excluding hydrogens is 278 g/mol. The smallest absolute Gasteiger partial charge is 0.238 e. The van der Waals surface area contributed by atoms with E-state index in [0.717, 1.165) is 5.56 Å². The number of benzene rings is 1. The number of primary sulfonamides is 1. The van der Waals surface area contributed by atoms with Crippen molar-refractivity contribution in [2.24, 2.45) is 16.3 Å². The molecule has 0 aliphatic carbocycles. The number of nitrogens with two attached hydrogens (primary N) is 2. The van der Waals surface area contributed by atoms with E-state index in [1.807, 2.05) is 20.8 Å². The SMILES string of the molecule is CC(C)(C)[C@@H](N)C(=O)NCc1ccc(S(N)(=O)=O)cc1. The third-order valence-electron chi connectivity index (χ3n) is 2.93. The predicted octanol–water partition coefficient (Wildman–Crippen LogP) is 0.324. The summed E-state index contributed by atoms with van der Waals surface area (Å²) in [5.74, 6) is -0.243. The highest BCUT2D eigenvalue weighted by molar-refractivity contribution is 7.89. The molecule has 7 heteroatoms. The molecule has 0 heterocycles. The minimum absolute atomic E-state index is 0.0407. The summed E-state index contributed by atoms with van der Waals surface area (Å²) in [5.41, 5.74) is 6.28. The van der Waals surface area contributed by atoms with E-state index in [0.29, 0.717) is 0 Å². The maximum atomic E-state index is 11.8. The molecular formula is C13H21N3O3S. The molecule has 0 aliphatic heterocycles. The van der Waals surface area contributed by atoms with Crippen molar-refractivity contribution in [3.8, 4) is 0 Å². The van der Waals surface area contributed by atoms with Crippen molar-refractivity contribution in [3.05, 3.63) is 29.8 Å². The van der Waals surface area contributed by atoms with Gasteiger partial charge in [-0.2, -0.15) is 0 Å². The molecule has 0 saturated carbocycles. The first-order chi connectivity index (χ1) is 9.01. The molecule has 0 unspecified atom stereocenters. The maximum absolute atomic E-state index is 11.8. The van der Waals surface area contributed by atoms with Gasteiger partial charge in [0.2, 0.25) is 15.9 Å². The second-order valence-corrected chi connectivity index (χ2v) is 7.31. The fourth-order valence-electron chi connectivity index (χ4n) is 1.49. The first-order valence-electron chi connectivity index (χ1n) is 6.17. The van der Waals surface area contributed by atoms with Crippen LogP contribution in [0.4, 0.5) is 0 Å². The Balaban J connectivity index is 2.66. The molecule has 0 aliphatic rings. The number of carbonyl (C=O) groups excluding carboxylic acids is 1. The van der Waals surface area contributed by atoms with Gasteiger partial charge in [-0.15, -0.1) is 0 Å². The van der Waals surface area contributed by atoms with Gasteiger partial charge in [-0.1, -0.05) is 32.9 Å². The fourth-order valence-corrected chi connectivity index (χ4v) is 2.00. The van der Waals surface area contributed by atoms with Crippen LogP contribution in [0, 0.1) is 5.41 Å². The van der Waals surface area contributed by atoms with Crippen LogP contribution in [0.25, 0.3) is 0 Å². The zero-order valence-corrected chi connectivity index (χ0v) is 12.7. The van der Waals surface area contributed by atoms with E-state index in [1.165, 1.54) is 12.1 Å². The molecule has 6 nitrogen and oxygen atoms in total. The zero-order valence-electron chi connectivity index (χ0n) is 11.9. The van der Waals surface area contributed by atoms with Gasteiger partial charge in [0.1, 0.15) is 0 Å². The maximum Gasteiger partial charge on any atom is 0.238 e. The van der Waals surface area contributed by atoms with E-state index < -0.39 is 16.1 Å². The molecule has 0 fully saturated rings. The summed E-state index contributed by atoms with van der Waals surface area (Å²) in [4.78, 5) is 11.9. The summed E-state index contributed by atoms with van der Waals surface area (Å²) in [7, 11) is -3.69. The number of nitrogens with one attached hydrogen (secondary N) is 1. The highest BCUT2D eigenvalue weighted by Gasteiger charge is 2.27. The summed E-state index contributed by atoms with van der Waals surface area (Å²) in [6.45, 7) is 5.95. The summed E-state index contributed by atoms with van der Waals surface area (Å²) in [6, 6.07) is 5.40. The van der Waals surface area contributed by atoms with E-state index in [2.05, 4.69) is 5.32 Å². The predicted molar refractivity (Wildman–Crippen MR) is 77.1 cm³/mol. The van der Waals surface area contributed by atoms with Crippen molar-refractivity contribution < 1.29 is 13.2 Å². The molecule has 0 radical (unpaired) electrons. The standard InChI is InChI=1S/C13H21N3O3S/c1-13(2,3)11(14)12(17)16-8-9-4-6-10(7-5-9)20(15,18)19/h4-7,11H,8,14H2,1-3H3,(H,16,17)(H2,15,18,19)/t11-/m0/s1. The van der Waals surface area contributed by atoms with Crippen molar-refractivity contribution in [1.82, 2.24) is 5.32 Å². The highest BCUT2D eigenvalue weighted by atomic mass is 32.2. The molecule has 1 aromatic carbocycles. The Morgan fingerprint density at radius 3 is 2.15 bits per heavy atom. The quantitative estimate of drug-likeness (QED) is 0.742. The third kappa shape index (κ3) is 4.59. The number of carbonyl (C=O) groups is 1. The lowest BCUT2D eigenvalue weighted by molar-refractivity contribution is -0.124. The van der Waals surface area contributed by atoms with Crippen molar-refractivity contribution in [2.75, 3.05) is 0 Å². The Morgan fingerprint density at radius 1 is 1.25 bits per heavy atom. The molecule has 5 N–H and O–H groups in total. The van der Waals surface area contributed by atoms with Crippen LogP contribution < -0.4 is 16.2 Å². The van der Waals surface area contributed by atoms with Crippen molar-refractivity contribution in [1.29, 1.82) is 0 Å². The fraction of sp³-hybridized carbons (Fsp3) is 0.462. The second-order valence-electron chi connectivity index (χ2n) is 5.75. The van der Waals surface area contributed by atoms with E-state index >= 15 is 0 Å². The summed E-state index contributed by atoms with van der Waals surface area (Å²) < 4.78 is 22.2. The van der Waals surface area contributed by atoms with Crippen molar-refractivity contribution in [2.45, 2.75) is 38.3 Å². The van der Waals surface area contributed by atoms with Gasteiger partial charge in [0, 0.05) is 6.54 Å². The minimum atomic E-state index is -3.69. The second kappa shape index (κ2) is 5.90. The first-order valence-corrected chi connectivity index (χ1v) is 7.71. The van der Waals surface area contributed by atoms with Crippen LogP contribution >= 0.6 is 0 Å². The van der Waals surface area contributed by atoms with E-state index in [-0.39, 0.29) is 22.8 Å². The Bertz CT molecular complexity index is 574. The molecule has 0 spiro atoms. The number of hydrogen-bond donors (Lipinski definition) is 3. The highest BCUT2D eigenvalue weighted by Crippen LogP contribution is 2.17. The van der Waals surface area contributed by atoms with Crippen molar-refractivity contribution in [3.63, 3.8) is 0 Å². The first kappa shape index (κ1) is 16.6. The lowest BCUT2D eigenvalue weighted by atomic mass is 9.87. The molecule has 1 aromatic rings. The van der Waals surface area contributed by atoms with Crippen LogP contribution in [0.2, 0.25) is 0 Å². The number of rotatable bonds is 4. The molecule has 20 heavy (non-hydrogen) atoms. The lowest BCUT2D eigenvalue weighted by Gasteiger charge is -2.25. The van der Waals surface area contributed by atoms with Crippen LogP contribution in [-0.4, -0.2) is 20.4 Å². The molecule has 0 bridgehead atoms. The molecule has 0 aromatic heterocycles. The van der Waals surface area contributed by atoms with Gasteiger partial charge in [0.05, 0.1) is 10.9 Å². The van der Waals surface area contributed by atoms with E-state index in [4.69, 9.17) is 10.9 Å². The van der Waals surface area contributed by atoms with Crippen LogP contribution in [0.5, 0.6) is 0 Å². The molecule has 1 amide bonds. The van der Waals surface area contributed by atoms with E-state index in [9.17, 15) is 13.2 Å². The van der Waals surface area contributed by atoms with E-state index in [1.54, 1.807) is 12.1 Å². The number of amides is 1. The average Bonchev–Trinajstić information content (AvgIpc) is 2.33. The molecule has 112 valence electrons. The number of hydrogen-bond acceptors (Lipinski definition) is 4. The lowest BCUT2D eigenvalue weighted by Crippen LogP contribution is -2.48. The Hall–Kier alpha value is -1.44. The van der Waals surface area contributed by atoms with Gasteiger partial charge in [0.15, 0.2) is 0 Å². The summed E-state index contributed by atoms with van der Waals surface area (Å²) in [6.07, 6.45) is 0. The third-order valence-corrected chi connectivity index (χ3v) is 3.86. The molecule has 0 saturated heterocycles. The monoisotopic (exact) mass is 299 g/mol. The van der Waals surface area contributed by atoms with Crippen LogP contribution in [0.1, 0.15) is 26.3 Å². The van der Waals surface area contributed by atoms with Gasteiger partial charge in [-0.3, -0.25) is 4.79 Å². The van der Waals surface area contributed by atoms with Gasteiger partial charge in [-0.25, -0.2) is 13.6 Å². The largest absolute Gasteiger partial charge is 0.351 e. The Kier molecular flexibility index (Phi) is 4.90. The van der Waals surface area contributed by atoms with Crippen molar-refractivity contribution >= 4 is 15.9 Å². The van der Waals surface area contributed by atoms with Crippen LogP contribution in [0.15, 0.2) is 29.2 Å². The van der Waals surface area contributed by atoms with Gasteiger partial charge in [0.25, 0.3) is 0 Å². The Labute approximate surface area is 119 Å². The zero-order chi connectivity index (χ0) is 15.6. The summed E-state index contributed by atoms with van der Waals surface area (Å²) >= 11 is 0. The summed E-state index contributed by atoms with van der Waals surface area (Å²) in [5, 5.41) is 7.72. The van der Waals surface area contributed by atoms with Crippen LogP contribution in [-0.2, 0) is 21.4 Å². The molecule has 1 rings (SSSR count). The topological polar surface area (TPSA) is 115 Å². The van der Waals surface area contributed by atoms with Gasteiger partial charge < -0.3 is 11.1 Å². The normalized spacial score (nSPS) is 13.8.